The predicted octanol–water partition coefficient (Wildman–Crippen LogP) is 4.50. The quantitative estimate of drug-likeness (QED) is 0.0904. The Morgan fingerprint density at radius 3 is 2.37 bits per heavy atom. The summed E-state index contributed by atoms with van der Waals surface area (Å²) in [6.07, 6.45) is 8.73. The molecule has 5 N–H and O–H groups in total. The maximum atomic E-state index is 13.8. The second kappa shape index (κ2) is 20.7. The van der Waals surface area contributed by atoms with Gasteiger partial charge in [0.1, 0.15) is 17.5 Å². The van der Waals surface area contributed by atoms with Crippen molar-refractivity contribution in [1.82, 2.24) is 39.5 Å². The second-order valence-corrected chi connectivity index (χ2v) is 18.4. The molecular weight excluding hydrogens is 831 g/mol. The van der Waals surface area contributed by atoms with Gasteiger partial charge < -0.3 is 30.9 Å². The van der Waals surface area contributed by atoms with Crippen molar-refractivity contribution in [3.63, 3.8) is 0 Å². The van der Waals surface area contributed by atoms with Crippen LogP contribution in [0.4, 0.5) is 22.1 Å². The van der Waals surface area contributed by atoms with E-state index in [0.29, 0.717) is 50.5 Å². The number of nitrogens with zero attached hydrogens (tertiary/aromatic N) is 7. The number of likely N-dealkylation sites (tertiary alicyclic amines) is 1. The Morgan fingerprint density at radius 2 is 1.68 bits per heavy atom. The van der Waals surface area contributed by atoms with Crippen LogP contribution in [0.5, 0.6) is 0 Å². The van der Waals surface area contributed by atoms with Crippen molar-refractivity contribution in [2.24, 2.45) is 12.8 Å². The van der Waals surface area contributed by atoms with Crippen molar-refractivity contribution in [3.05, 3.63) is 76.0 Å². The number of aryl methyl sites for hydroxylation is 2. The Labute approximate surface area is 379 Å². The number of hydrogen-bond acceptors (Lipinski definition) is 12. The molecule has 5 heterocycles. The molecule has 0 spiro atoms. The minimum atomic E-state index is -0.755. The highest BCUT2D eigenvalue weighted by molar-refractivity contribution is 6.00. The van der Waals surface area contributed by atoms with E-state index in [2.05, 4.69) is 42.9 Å². The van der Waals surface area contributed by atoms with E-state index in [1.807, 2.05) is 56.0 Å². The van der Waals surface area contributed by atoms with Crippen molar-refractivity contribution in [1.29, 1.82) is 0 Å². The molecular formula is C47H63N11O7. The molecule has 0 aliphatic carbocycles. The number of benzene rings is 2. The van der Waals surface area contributed by atoms with Gasteiger partial charge in [0.25, 0.3) is 5.91 Å². The molecule has 0 bridgehead atoms. The zero-order valence-electron chi connectivity index (χ0n) is 38.1. The van der Waals surface area contributed by atoms with Gasteiger partial charge >= 0.3 is 11.8 Å². The highest BCUT2D eigenvalue weighted by Gasteiger charge is 2.32. The first kappa shape index (κ1) is 46.7. The van der Waals surface area contributed by atoms with Gasteiger partial charge in [-0.3, -0.25) is 38.5 Å². The highest BCUT2D eigenvalue weighted by atomic mass is 16.6. The molecule has 3 saturated heterocycles. The summed E-state index contributed by atoms with van der Waals surface area (Å²) in [4.78, 5) is 91.7. The molecule has 3 fully saturated rings. The fourth-order valence-corrected chi connectivity index (χ4v) is 9.15. The largest absolute Gasteiger partial charge is 0.444 e. The normalized spacial score (nSPS) is 17.3. The summed E-state index contributed by atoms with van der Waals surface area (Å²) in [5.74, 6) is -0.0888. The molecule has 348 valence electrons. The molecule has 5 amide bonds. The van der Waals surface area contributed by atoms with Crippen molar-refractivity contribution >= 4 is 58.1 Å². The molecule has 2 aromatic carbocycles. The molecule has 4 aromatic rings. The summed E-state index contributed by atoms with van der Waals surface area (Å²) in [5, 5.41) is 8.45. The van der Waals surface area contributed by atoms with E-state index < -0.39 is 29.6 Å². The molecule has 0 radical (unpaired) electrons. The minimum Gasteiger partial charge on any atom is -0.444 e. The number of fused-ring (bicyclic) bond motifs is 1. The molecule has 3 aliphatic heterocycles. The molecule has 18 heteroatoms. The van der Waals surface area contributed by atoms with Crippen LogP contribution in [0.15, 0.2) is 53.5 Å². The van der Waals surface area contributed by atoms with Gasteiger partial charge in [-0.2, -0.15) is 0 Å². The summed E-state index contributed by atoms with van der Waals surface area (Å²) in [5.41, 5.74) is 9.13. The standard InChI is InChI=1S/C47H63N11O7/c1-47(2,3)65-45(63)49-22-28-55(23-9-6-11-33-12-10-13-35-41(33)54(4)46(64)58(35)36-18-19-38(59)53-44(36)62)30-39(60)57-26-20-32(21-27-57)31-14-16-34(17-15-31)51-43-40(42(48)61)50-29-37(52-43)56-24-7-5-8-25-56/h10,12-17,29,32,36H,5-9,11,18-28,30H2,1-4H3,(H2,48,61)(H,49,63)(H,51,52)(H,53,59,62). The third-order valence-electron chi connectivity index (χ3n) is 12.5. The number of nitrogens with two attached hydrogens (primary N) is 1. The lowest BCUT2D eigenvalue weighted by atomic mass is 9.89. The van der Waals surface area contributed by atoms with Crippen LogP contribution in [0.3, 0.4) is 0 Å². The first-order valence-corrected chi connectivity index (χ1v) is 22.9. The Kier molecular flexibility index (Phi) is 14.9. The molecule has 3 aliphatic rings. The lowest BCUT2D eigenvalue weighted by Gasteiger charge is -2.34. The summed E-state index contributed by atoms with van der Waals surface area (Å²) in [7, 11) is 1.70. The van der Waals surface area contributed by atoms with E-state index in [0.717, 1.165) is 74.2 Å². The monoisotopic (exact) mass is 893 g/mol. The van der Waals surface area contributed by atoms with Crippen LogP contribution < -0.4 is 32.3 Å². The number of imide groups is 1. The SMILES string of the molecule is Cn1c(=O)n(C2CCC(=O)NC2=O)c2cccc(CCCCN(CCNC(=O)OC(C)(C)C)CC(=O)N3CCC(c4ccc(Nc5nc(N6CCCCC6)cnc5C(N)=O)cc4)CC3)c21. The van der Waals surface area contributed by atoms with Gasteiger partial charge in [0.15, 0.2) is 11.5 Å². The molecule has 2 aromatic heterocycles. The van der Waals surface area contributed by atoms with Crippen LogP contribution in [0.1, 0.15) is 112 Å². The molecule has 1 unspecified atom stereocenters. The number of imidazole rings is 1. The average Bonchev–Trinajstić information content (AvgIpc) is 3.53. The van der Waals surface area contributed by atoms with Crippen LogP contribution >= 0.6 is 0 Å². The number of anilines is 3. The Balaban J connectivity index is 0.942. The van der Waals surface area contributed by atoms with Crippen LogP contribution in [0, 0.1) is 0 Å². The van der Waals surface area contributed by atoms with Crippen LogP contribution in [0.2, 0.25) is 0 Å². The Hall–Kier alpha value is -6.30. The van der Waals surface area contributed by atoms with Crippen LogP contribution in [-0.2, 0) is 32.6 Å². The maximum Gasteiger partial charge on any atom is 0.407 e. The number of rotatable bonds is 16. The van der Waals surface area contributed by atoms with Gasteiger partial charge in [0.2, 0.25) is 17.7 Å². The van der Waals surface area contributed by atoms with Crippen LogP contribution in [0.25, 0.3) is 11.0 Å². The fourth-order valence-electron chi connectivity index (χ4n) is 9.15. The number of aromatic nitrogens is 4. The topological polar surface area (TPSA) is 219 Å². The number of unbranched alkanes of at least 4 members (excludes halogenated alkanes) is 1. The third-order valence-corrected chi connectivity index (χ3v) is 12.5. The van der Waals surface area contributed by atoms with E-state index in [-0.39, 0.29) is 48.5 Å². The zero-order chi connectivity index (χ0) is 46.3. The Bertz CT molecular complexity index is 2430. The minimum absolute atomic E-state index is 0.0352. The number of piperidine rings is 3. The Morgan fingerprint density at radius 1 is 0.938 bits per heavy atom. The molecule has 1 atom stereocenters. The zero-order valence-corrected chi connectivity index (χ0v) is 38.1. The number of ether oxygens (including phenoxy) is 1. The summed E-state index contributed by atoms with van der Waals surface area (Å²) >= 11 is 0. The number of hydrogen-bond donors (Lipinski definition) is 4. The fraction of sp³-hybridized carbons (Fsp3) is 0.532. The van der Waals surface area contributed by atoms with Gasteiger partial charge in [-0.1, -0.05) is 24.3 Å². The number of alkyl carbamates (subject to hydrolysis) is 1. The molecule has 0 saturated carbocycles. The van der Waals surface area contributed by atoms with Gasteiger partial charge in [0, 0.05) is 58.4 Å². The van der Waals surface area contributed by atoms with E-state index in [1.165, 1.54) is 16.6 Å². The molecule has 7 rings (SSSR count). The van der Waals surface area contributed by atoms with E-state index in [9.17, 15) is 28.8 Å². The summed E-state index contributed by atoms with van der Waals surface area (Å²) < 4.78 is 8.50. The van der Waals surface area contributed by atoms with Crippen molar-refractivity contribution in [3.8, 4) is 0 Å². The number of para-hydroxylation sites is 1. The maximum absolute atomic E-state index is 13.8. The molecule has 18 nitrogen and oxygen atoms in total. The summed E-state index contributed by atoms with van der Waals surface area (Å²) in [6, 6.07) is 13.0. The lowest BCUT2D eigenvalue weighted by Crippen LogP contribution is -2.46. The van der Waals surface area contributed by atoms with Gasteiger partial charge in [0.05, 0.1) is 23.8 Å². The van der Waals surface area contributed by atoms with Crippen molar-refractivity contribution < 1.29 is 28.7 Å². The van der Waals surface area contributed by atoms with Crippen LogP contribution in [-0.4, -0.2) is 117 Å². The van der Waals surface area contributed by atoms with Gasteiger partial charge in [-0.25, -0.2) is 19.6 Å². The van der Waals surface area contributed by atoms with E-state index in [1.54, 1.807) is 17.8 Å². The number of carbonyl (C=O) groups is 5. The smallest absolute Gasteiger partial charge is 0.407 e. The lowest BCUT2D eigenvalue weighted by molar-refractivity contribution is -0.136. The number of carbonyl (C=O) groups excluding carboxylic acids is 5. The average molecular weight is 894 g/mol. The van der Waals surface area contributed by atoms with E-state index >= 15 is 0 Å². The molecule has 65 heavy (non-hydrogen) atoms. The third kappa shape index (κ3) is 11.7. The van der Waals surface area contributed by atoms with E-state index in [4.69, 9.17) is 15.5 Å². The number of primary amides is 1. The van der Waals surface area contributed by atoms with Gasteiger partial charge in [-0.05, 0) is 120 Å². The number of nitrogens with one attached hydrogen (secondary N) is 3. The van der Waals surface area contributed by atoms with Gasteiger partial charge in [-0.15, -0.1) is 0 Å². The highest BCUT2D eigenvalue weighted by Crippen LogP contribution is 2.31. The predicted molar refractivity (Wildman–Crippen MR) is 247 cm³/mol. The first-order valence-electron chi connectivity index (χ1n) is 22.9. The van der Waals surface area contributed by atoms with Crippen molar-refractivity contribution in [2.45, 2.75) is 103 Å². The van der Waals surface area contributed by atoms with Crippen molar-refractivity contribution in [2.75, 3.05) is 62.6 Å². The number of amides is 5. The first-order chi connectivity index (χ1) is 31.1. The second-order valence-electron chi connectivity index (χ2n) is 18.4. The summed E-state index contributed by atoms with van der Waals surface area (Å²) in [6.45, 7) is 10.0.